The lowest BCUT2D eigenvalue weighted by atomic mass is 10.1. The molecular weight excluding hydrogens is 291 g/mol. The van der Waals surface area contributed by atoms with E-state index in [9.17, 15) is 9.18 Å². The Hall–Kier alpha value is -2.20. The van der Waals surface area contributed by atoms with E-state index in [1.165, 1.54) is 17.7 Å². The van der Waals surface area contributed by atoms with Crippen molar-refractivity contribution in [3.8, 4) is 0 Å². The van der Waals surface area contributed by atoms with Crippen LogP contribution in [0.4, 0.5) is 10.1 Å². The average molecular weight is 314 g/mol. The predicted molar refractivity (Wildman–Crippen MR) is 92.1 cm³/mol. The monoisotopic (exact) mass is 314 g/mol. The molecule has 0 fully saturated rings. The van der Waals surface area contributed by atoms with Crippen molar-refractivity contribution in [1.82, 2.24) is 4.90 Å². The number of aryl methyl sites for hydroxylation is 2. The van der Waals surface area contributed by atoms with E-state index in [0.29, 0.717) is 6.54 Å². The number of nitrogens with zero attached hydrogens (tertiary/aromatic N) is 1. The first-order valence-corrected chi connectivity index (χ1v) is 7.74. The van der Waals surface area contributed by atoms with Crippen molar-refractivity contribution in [2.24, 2.45) is 0 Å². The molecule has 2 aromatic carbocycles. The Morgan fingerprint density at radius 2 is 1.83 bits per heavy atom. The van der Waals surface area contributed by atoms with Gasteiger partial charge in [-0.05, 0) is 56.6 Å². The summed E-state index contributed by atoms with van der Waals surface area (Å²) in [5, 5.41) is 2.94. The Bertz CT molecular complexity index is 668. The number of benzene rings is 2. The molecule has 0 heterocycles. The highest BCUT2D eigenvalue weighted by Gasteiger charge is 2.08. The molecule has 0 saturated heterocycles. The fraction of sp³-hybridized carbons (Fsp3) is 0.316. The summed E-state index contributed by atoms with van der Waals surface area (Å²) >= 11 is 0. The molecule has 2 rings (SSSR count). The van der Waals surface area contributed by atoms with E-state index in [1.807, 2.05) is 44.0 Å². The van der Waals surface area contributed by atoms with Gasteiger partial charge in [0, 0.05) is 12.2 Å². The average Bonchev–Trinajstić information content (AvgIpc) is 2.49. The van der Waals surface area contributed by atoms with Gasteiger partial charge in [-0.3, -0.25) is 9.69 Å². The number of amides is 1. The van der Waals surface area contributed by atoms with Gasteiger partial charge in [-0.15, -0.1) is 0 Å². The van der Waals surface area contributed by atoms with Gasteiger partial charge in [-0.25, -0.2) is 4.39 Å². The Kier molecular flexibility index (Phi) is 5.88. The van der Waals surface area contributed by atoms with Crippen molar-refractivity contribution in [2.75, 3.05) is 25.5 Å². The molecule has 0 aromatic heterocycles. The van der Waals surface area contributed by atoms with Crippen molar-refractivity contribution >= 4 is 11.6 Å². The van der Waals surface area contributed by atoms with Crippen LogP contribution in [0.1, 0.15) is 16.7 Å². The Morgan fingerprint density at radius 3 is 2.48 bits per heavy atom. The number of rotatable bonds is 6. The summed E-state index contributed by atoms with van der Waals surface area (Å²) in [6, 6.07) is 12.4. The number of likely N-dealkylation sites (N-methyl/N-ethyl adjacent to an activating group) is 1. The minimum absolute atomic E-state index is 0.0291. The molecule has 0 spiro atoms. The molecule has 0 radical (unpaired) electrons. The van der Waals surface area contributed by atoms with Crippen LogP contribution in [0, 0.1) is 19.7 Å². The summed E-state index contributed by atoms with van der Waals surface area (Å²) in [7, 11) is 1.91. The predicted octanol–water partition coefficient (Wildman–Crippen LogP) is 3.56. The summed E-state index contributed by atoms with van der Waals surface area (Å²) < 4.78 is 12.9. The van der Waals surface area contributed by atoms with Gasteiger partial charge >= 0.3 is 0 Å². The topological polar surface area (TPSA) is 32.3 Å². The number of carbonyl (C=O) groups excluding carboxylic acids is 1. The first-order chi connectivity index (χ1) is 10.9. The van der Waals surface area contributed by atoms with Gasteiger partial charge < -0.3 is 5.32 Å². The van der Waals surface area contributed by atoms with Crippen LogP contribution >= 0.6 is 0 Å². The van der Waals surface area contributed by atoms with Crippen molar-refractivity contribution in [1.29, 1.82) is 0 Å². The number of hydrogen-bond donors (Lipinski definition) is 1. The van der Waals surface area contributed by atoms with Crippen LogP contribution in [0.15, 0.2) is 42.5 Å². The molecule has 0 atom stereocenters. The lowest BCUT2D eigenvalue weighted by Gasteiger charge is -2.17. The largest absolute Gasteiger partial charge is 0.325 e. The van der Waals surface area contributed by atoms with Gasteiger partial charge in [0.15, 0.2) is 0 Å². The lowest BCUT2D eigenvalue weighted by molar-refractivity contribution is -0.117. The molecule has 2 aromatic rings. The number of anilines is 1. The highest BCUT2D eigenvalue weighted by molar-refractivity contribution is 5.92. The third-order valence-electron chi connectivity index (χ3n) is 3.76. The molecule has 23 heavy (non-hydrogen) atoms. The molecule has 1 N–H and O–H groups in total. The van der Waals surface area contributed by atoms with E-state index in [4.69, 9.17) is 0 Å². The maximum atomic E-state index is 12.9. The molecule has 0 aliphatic rings. The maximum absolute atomic E-state index is 12.9. The van der Waals surface area contributed by atoms with Gasteiger partial charge in [0.05, 0.1) is 6.54 Å². The van der Waals surface area contributed by atoms with Gasteiger partial charge in [-0.1, -0.05) is 29.8 Å². The van der Waals surface area contributed by atoms with Crippen LogP contribution < -0.4 is 5.32 Å². The molecule has 4 heteroatoms. The van der Waals surface area contributed by atoms with Crippen molar-refractivity contribution < 1.29 is 9.18 Å². The maximum Gasteiger partial charge on any atom is 0.238 e. The fourth-order valence-corrected chi connectivity index (χ4v) is 2.44. The molecule has 3 nitrogen and oxygen atoms in total. The first kappa shape index (κ1) is 17.2. The summed E-state index contributed by atoms with van der Waals surface area (Å²) in [6.07, 6.45) is 0.785. The molecular formula is C19H23FN2O. The molecule has 122 valence electrons. The zero-order valence-electron chi connectivity index (χ0n) is 13.9. The summed E-state index contributed by atoms with van der Waals surface area (Å²) in [6.45, 7) is 5.09. The van der Waals surface area contributed by atoms with Crippen molar-refractivity contribution in [2.45, 2.75) is 20.3 Å². The summed E-state index contributed by atoms with van der Waals surface area (Å²) in [4.78, 5) is 14.1. The minimum Gasteiger partial charge on any atom is -0.325 e. The van der Waals surface area contributed by atoms with E-state index >= 15 is 0 Å². The molecule has 0 aliphatic carbocycles. The lowest BCUT2D eigenvalue weighted by Crippen LogP contribution is -2.31. The van der Waals surface area contributed by atoms with Gasteiger partial charge in [0.1, 0.15) is 5.82 Å². The fourth-order valence-electron chi connectivity index (χ4n) is 2.44. The van der Waals surface area contributed by atoms with Crippen LogP contribution in [-0.4, -0.2) is 30.9 Å². The first-order valence-electron chi connectivity index (χ1n) is 7.74. The molecule has 0 aliphatic heterocycles. The Labute approximate surface area is 137 Å². The number of nitrogens with one attached hydrogen (secondary N) is 1. The smallest absolute Gasteiger partial charge is 0.238 e. The Morgan fingerprint density at radius 1 is 1.13 bits per heavy atom. The SMILES string of the molecule is Cc1ccc(NC(=O)CN(C)CCc2ccc(F)cc2)c(C)c1. The van der Waals surface area contributed by atoms with Crippen LogP contribution in [0.3, 0.4) is 0 Å². The Balaban J connectivity index is 1.81. The zero-order chi connectivity index (χ0) is 16.8. The minimum atomic E-state index is -0.227. The van der Waals surface area contributed by atoms with E-state index in [-0.39, 0.29) is 11.7 Å². The second-order valence-electron chi connectivity index (χ2n) is 5.98. The molecule has 0 bridgehead atoms. The highest BCUT2D eigenvalue weighted by Crippen LogP contribution is 2.15. The molecule has 0 unspecified atom stereocenters. The standard InChI is InChI=1S/C19H23FN2O/c1-14-4-9-18(15(2)12-14)21-19(23)13-22(3)11-10-16-5-7-17(20)8-6-16/h4-9,12H,10-11,13H2,1-3H3,(H,21,23). The third-order valence-corrected chi connectivity index (χ3v) is 3.76. The van der Waals surface area contributed by atoms with E-state index in [1.54, 1.807) is 12.1 Å². The van der Waals surface area contributed by atoms with Crippen LogP contribution in [0.5, 0.6) is 0 Å². The zero-order valence-corrected chi connectivity index (χ0v) is 13.9. The van der Waals surface area contributed by atoms with Gasteiger partial charge in [-0.2, -0.15) is 0 Å². The number of halogens is 1. The van der Waals surface area contributed by atoms with E-state index in [2.05, 4.69) is 5.32 Å². The second-order valence-corrected chi connectivity index (χ2v) is 5.98. The number of carbonyl (C=O) groups is 1. The summed E-state index contributed by atoms with van der Waals surface area (Å²) in [5.74, 6) is -0.256. The molecule has 1 amide bonds. The van der Waals surface area contributed by atoms with E-state index < -0.39 is 0 Å². The van der Waals surface area contributed by atoms with Crippen molar-refractivity contribution in [3.63, 3.8) is 0 Å². The number of hydrogen-bond acceptors (Lipinski definition) is 2. The van der Waals surface area contributed by atoms with E-state index in [0.717, 1.165) is 29.8 Å². The normalized spacial score (nSPS) is 10.8. The highest BCUT2D eigenvalue weighted by atomic mass is 19.1. The quantitative estimate of drug-likeness (QED) is 0.884. The van der Waals surface area contributed by atoms with Crippen LogP contribution in [0.2, 0.25) is 0 Å². The van der Waals surface area contributed by atoms with Gasteiger partial charge in [0.25, 0.3) is 0 Å². The van der Waals surface area contributed by atoms with Gasteiger partial charge in [0.2, 0.25) is 5.91 Å². The third kappa shape index (κ3) is 5.49. The summed E-state index contributed by atoms with van der Waals surface area (Å²) in [5.41, 5.74) is 4.16. The second kappa shape index (κ2) is 7.88. The van der Waals surface area contributed by atoms with Crippen LogP contribution in [0.25, 0.3) is 0 Å². The van der Waals surface area contributed by atoms with Crippen molar-refractivity contribution in [3.05, 3.63) is 65.0 Å². The molecule has 0 saturated carbocycles. The van der Waals surface area contributed by atoms with Crippen LogP contribution in [-0.2, 0) is 11.2 Å².